The highest BCUT2D eigenvalue weighted by Crippen LogP contribution is 2.45. The lowest BCUT2D eigenvalue weighted by Crippen LogP contribution is -2.29. The fourth-order valence-electron chi connectivity index (χ4n) is 4.26. The van der Waals surface area contributed by atoms with Crippen molar-refractivity contribution in [1.82, 2.24) is 0 Å². The third kappa shape index (κ3) is 4.74. The fraction of sp³-hybridized carbons (Fsp3) is 0.185. The third-order valence-corrected chi connectivity index (χ3v) is 6.30. The Hall–Kier alpha value is -3.98. The van der Waals surface area contributed by atoms with Crippen molar-refractivity contribution in [1.29, 1.82) is 0 Å². The average molecular weight is 532 g/mol. The molecule has 0 bridgehead atoms. The molecule has 1 N–H and O–H groups in total. The predicted molar refractivity (Wildman–Crippen MR) is 132 cm³/mol. The van der Waals surface area contributed by atoms with Gasteiger partial charge >= 0.3 is 6.18 Å². The summed E-state index contributed by atoms with van der Waals surface area (Å²) >= 11 is 6.26. The zero-order valence-corrected chi connectivity index (χ0v) is 20.6. The van der Waals surface area contributed by atoms with Gasteiger partial charge in [-0.3, -0.25) is 14.5 Å². The molecule has 3 aromatic rings. The minimum atomic E-state index is -4.58. The van der Waals surface area contributed by atoms with Gasteiger partial charge in [0.05, 0.1) is 42.0 Å². The van der Waals surface area contributed by atoms with Gasteiger partial charge in [-0.05, 0) is 42.8 Å². The number of carbonyl (C=O) groups is 2. The van der Waals surface area contributed by atoms with Crippen LogP contribution in [0.3, 0.4) is 0 Å². The Labute approximate surface area is 215 Å². The molecule has 0 radical (unpaired) electrons. The van der Waals surface area contributed by atoms with Crippen molar-refractivity contribution in [2.24, 2.45) is 0 Å². The molecule has 1 aliphatic rings. The van der Waals surface area contributed by atoms with E-state index in [4.69, 9.17) is 21.1 Å². The standard InChI is InChI=1S/C27H21ClF3NO5/c1-14-5-4-6-15(11-14)23-22(24(33)18-12-19(28)21(37-3)13-20(18)36-2)25(34)26(35)32(23)17-9-7-16(8-10-17)27(29,30)31/h4-13,23,33H,1-3H3/b24-22+. The van der Waals surface area contributed by atoms with Crippen molar-refractivity contribution in [3.05, 3.63) is 93.5 Å². The minimum absolute atomic E-state index is 0.0383. The summed E-state index contributed by atoms with van der Waals surface area (Å²) in [6, 6.07) is 12.4. The van der Waals surface area contributed by atoms with E-state index in [2.05, 4.69) is 0 Å². The van der Waals surface area contributed by atoms with E-state index in [9.17, 15) is 27.9 Å². The summed E-state index contributed by atoms with van der Waals surface area (Å²) in [5.74, 6) is -2.19. The van der Waals surface area contributed by atoms with E-state index in [-0.39, 0.29) is 33.3 Å². The fourth-order valence-corrected chi connectivity index (χ4v) is 4.50. The number of aliphatic hydroxyl groups excluding tert-OH is 1. The molecule has 0 aliphatic carbocycles. The van der Waals surface area contributed by atoms with Gasteiger partial charge in [0, 0.05) is 11.8 Å². The van der Waals surface area contributed by atoms with E-state index in [0.29, 0.717) is 5.56 Å². The molecular weight excluding hydrogens is 511 g/mol. The van der Waals surface area contributed by atoms with Crippen LogP contribution in [0.25, 0.3) is 5.76 Å². The lowest BCUT2D eigenvalue weighted by atomic mass is 9.94. The summed E-state index contributed by atoms with van der Waals surface area (Å²) in [5.41, 5.74) is 0.198. The first-order chi connectivity index (χ1) is 17.5. The van der Waals surface area contributed by atoms with Crippen molar-refractivity contribution in [2.75, 3.05) is 19.1 Å². The summed E-state index contributed by atoms with van der Waals surface area (Å²) in [6.45, 7) is 1.81. The van der Waals surface area contributed by atoms with Crippen LogP contribution < -0.4 is 14.4 Å². The number of nitrogens with zero attached hydrogens (tertiary/aromatic N) is 1. The zero-order chi connectivity index (χ0) is 27.1. The molecule has 10 heteroatoms. The number of alkyl halides is 3. The Bertz CT molecular complexity index is 1420. The smallest absolute Gasteiger partial charge is 0.416 e. The molecule has 192 valence electrons. The van der Waals surface area contributed by atoms with Gasteiger partial charge in [0.1, 0.15) is 17.3 Å². The molecule has 0 aromatic heterocycles. The molecule has 6 nitrogen and oxygen atoms in total. The number of aryl methyl sites for hydroxylation is 1. The van der Waals surface area contributed by atoms with Crippen LogP contribution >= 0.6 is 11.6 Å². The topological polar surface area (TPSA) is 76.1 Å². The second-order valence-corrected chi connectivity index (χ2v) is 8.72. The Kier molecular flexibility index (Phi) is 6.92. The van der Waals surface area contributed by atoms with E-state index < -0.39 is 35.2 Å². The number of hydrogen-bond acceptors (Lipinski definition) is 5. The summed E-state index contributed by atoms with van der Waals surface area (Å²) in [5, 5.41) is 11.5. The van der Waals surface area contributed by atoms with Gasteiger partial charge in [-0.25, -0.2) is 0 Å². The van der Waals surface area contributed by atoms with Crippen LogP contribution in [0.15, 0.2) is 66.2 Å². The van der Waals surface area contributed by atoms with Gasteiger partial charge in [-0.1, -0.05) is 41.4 Å². The molecule has 1 fully saturated rings. The van der Waals surface area contributed by atoms with E-state index in [0.717, 1.165) is 34.7 Å². The first-order valence-electron chi connectivity index (χ1n) is 10.9. The molecule has 3 aromatic carbocycles. The van der Waals surface area contributed by atoms with Crippen LogP contribution in [-0.2, 0) is 15.8 Å². The number of methoxy groups -OCH3 is 2. The number of amides is 1. The minimum Gasteiger partial charge on any atom is -0.507 e. The number of Topliss-reactive ketones (excluding diaryl/α,β-unsaturated/α-hetero) is 1. The number of aliphatic hydroxyl groups is 1. The molecule has 1 aliphatic heterocycles. The lowest BCUT2D eigenvalue weighted by molar-refractivity contribution is -0.137. The number of halogens is 4. The Morgan fingerprint density at radius 3 is 2.19 bits per heavy atom. The van der Waals surface area contributed by atoms with Gasteiger partial charge in [-0.15, -0.1) is 0 Å². The molecular formula is C27H21ClF3NO5. The van der Waals surface area contributed by atoms with Gasteiger partial charge in [-0.2, -0.15) is 13.2 Å². The Morgan fingerprint density at radius 1 is 0.973 bits per heavy atom. The molecule has 1 saturated heterocycles. The second kappa shape index (κ2) is 9.82. The molecule has 0 saturated carbocycles. The molecule has 37 heavy (non-hydrogen) atoms. The molecule has 1 amide bonds. The number of benzene rings is 3. The second-order valence-electron chi connectivity index (χ2n) is 8.31. The third-order valence-electron chi connectivity index (χ3n) is 6.00. The van der Waals surface area contributed by atoms with Gasteiger partial charge in [0.2, 0.25) is 0 Å². The van der Waals surface area contributed by atoms with Gasteiger partial charge in [0.15, 0.2) is 0 Å². The van der Waals surface area contributed by atoms with Crippen LogP contribution in [0.2, 0.25) is 5.02 Å². The Balaban J connectivity index is 1.96. The van der Waals surface area contributed by atoms with E-state index in [1.807, 2.05) is 0 Å². The number of anilines is 1. The predicted octanol–water partition coefficient (Wildman–Crippen LogP) is 6.31. The van der Waals surface area contributed by atoms with Crippen LogP contribution in [-0.4, -0.2) is 31.0 Å². The number of hydrogen-bond donors (Lipinski definition) is 1. The number of rotatable bonds is 5. The highest BCUT2D eigenvalue weighted by atomic mass is 35.5. The maximum atomic E-state index is 13.3. The van der Waals surface area contributed by atoms with E-state index >= 15 is 0 Å². The van der Waals surface area contributed by atoms with Crippen LogP contribution in [0.1, 0.15) is 28.3 Å². The number of ketones is 1. The molecule has 0 spiro atoms. The van der Waals surface area contributed by atoms with Crippen LogP contribution in [0.4, 0.5) is 18.9 Å². The van der Waals surface area contributed by atoms with Crippen molar-refractivity contribution >= 4 is 34.7 Å². The number of ether oxygens (including phenoxy) is 2. The highest BCUT2D eigenvalue weighted by Gasteiger charge is 2.47. The molecule has 1 atom stereocenters. The molecule has 1 heterocycles. The van der Waals surface area contributed by atoms with Crippen molar-refractivity contribution in [3.63, 3.8) is 0 Å². The molecule has 4 rings (SSSR count). The summed E-state index contributed by atoms with van der Waals surface area (Å²) in [6.07, 6.45) is -4.58. The zero-order valence-electron chi connectivity index (χ0n) is 19.9. The van der Waals surface area contributed by atoms with Crippen LogP contribution in [0, 0.1) is 6.92 Å². The normalized spacial score (nSPS) is 17.3. The Morgan fingerprint density at radius 2 is 1.62 bits per heavy atom. The largest absolute Gasteiger partial charge is 0.507 e. The van der Waals surface area contributed by atoms with Crippen molar-refractivity contribution < 1.29 is 37.3 Å². The maximum absolute atomic E-state index is 13.3. The SMILES string of the molecule is COc1cc(OC)c(/C(O)=C2\C(=O)C(=O)N(c3ccc(C(F)(F)F)cc3)C2c2cccc(C)c2)cc1Cl. The van der Waals surface area contributed by atoms with Crippen molar-refractivity contribution in [3.8, 4) is 11.5 Å². The summed E-state index contributed by atoms with van der Waals surface area (Å²) < 4.78 is 49.9. The van der Waals surface area contributed by atoms with Gasteiger partial charge in [0.25, 0.3) is 11.7 Å². The van der Waals surface area contributed by atoms with E-state index in [1.54, 1.807) is 31.2 Å². The average Bonchev–Trinajstić information content (AvgIpc) is 3.13. The highest BCUT2D eigenvalue weighted by molar-refractivity contribution is 6.51. The summed E-state index contributed by atoms with van der Waals surface area (Å²) in [4.78, 5) is 27.6. The van der Waals surface area contributed by atoms with Crippen molar-refractivity contribution in [2.45, 2.75) is 19.1 Å². The van der Waals surface area contributed by atoms with E-state index in [1.165, 1.54) is 26.4 Å². The number of carbonyl (C=O) groups excluding carboxylic acids is 2. The molecule has 1 unspecified atom stereocenters. The first kappa shape index (κ1) is 26.1. The van der Waals surface area contributed by atoms with Crippen LogP contribution in [0.5, 0.6) is 11.5 Å². The quantitative estimate of drug-likeness (QED) is 0.237. The monoisotopic (exact) mass is 531 g/mol. The first-order valence-corrected chi connectivity index (χ1v) is 11.3. The maximum Gasteiger partial charge on any atom is 0.416 e. The van der Waals surface area contributed by atoms with Gasteiger partial charge < -0.3 is 14.6 Å². The summed E-state index contributed by atoms with van der Waals surface area (Å²) in [7, 11) is 2.74. The lowest BCUT2D eigenvalue weighted by Gasteiger charge is -2.26.